The van der Waals surface area contributed by atoms with Gasteiger partial charge < -0.3 is 0 Å². The highest BCUT2D eigenvalue weighted by Gasteiger charge is 2.26. The minimum atomic E-state index is -3.67. The maximum absolute atomic E-state index is 10.3. The minimum Gasteiger partial charge on any atom is -0.272 e. The van der Waals surface area contributed by atoms with Crippen LogP contribution in [0.5, 0.6) is 0 Å². The highest BCUT2D eigenvalue weighted by molar-refractivity contribution is 8.04. The third-order valence-electron chi connectivity index (χ3n) is 0.880. The average Bonchev–Trinajstić information content (AvgIpc) is 1.55. The third-order valence-corrected chi connectivity index (χ3v) is 1.77. The molecule has 6 heteroatoms. The van der Waals surface area contributed by atoms with Gasteiger partial charge in [-0.15, -0.1) is 0 Å². The molecule has 0 atom stereocenters. The van der Waals surface area contributed by atoms with E-state index in [-0.39, 0.29) is 11.5 Å². The molecule has 50 valence electrons. The van der Waals surface area contributed by atoms with Crippen molar-refractivity contribution in [2.24, 2.45) is 10.1 Å². The summed E-state index contributed by atoms with van der Waals surface area (Å²) in [7, 11) is -3.67. The van der Waals surface area contributed by atoms with E-state index in [4.69, 9.17) is 0 Å². The number of carbonyl (C=O) groups excluding carboxylic acids is 1. The molecular weight excluding hydrogens is 144 g/mol. The van der Waals surface area contributed by atoms with Crippen molar-refractivity contribution in [1.82, 2.24) is 0 Å². The Kier molecular flexibility index (Phi) is 1.14. The molecule has 0 aliphatic carbocycles. The first-order chi connectivity index (χ1) is 4.00. The summed E-state index contributed by atoms with van der Waals surface area (Å²) >= 11 is 0. The molecule has 0 aromatic rings. The zero-order valence-electron chi connectivity index (χ0n) is 4.36. The molecule has 1 heterocycles. The maximum Gasteiger partial charge on any atom is 0.253 e. The monoisotopic (exact) mass is 148 g/mol. The molecule has 1 rings (SSSR count). The number of aliphatic imine (C=N–C) groups is 1. The summed E-state index contributed by atoms with van der Waals surface area (Å²) in [4.78, 5) is 13.1. The van der Waals surface area contributed by atoms with Gasteiger partial charge in [0.05, 0.1) is 6.42 Å². The van der Waals surface area contributed by atoms with Gasteiger partial charge in [0.2, 0.25) is 0 Å². The van der Waals surface area contributed by atoms with Crippen molar-refractivity contribution in [2.45, 2.75) is 6.42 Å². The molecule has 1 amide bonds. The van der Waals surface area contributed by atoms with Gasteiger partial charge in [-0.05, 0) is 0 Å². The van der Waals surface area contributed by atoms with Gasteiger partial charge in [0.1, 0.15) is 0 Å². The number of sulfonamides is 1. The van der Waals surface area contributed by atoms with Crippen LogP contribution in [0.2, 0.25) is 0 Å². The normalized spacial score (nSPS) is 18.8. The van der Waals surface area contributed by atoms with E-state index in [9.17, 15) is 13.2 Å². The number of hydrogen-bond acceptors (Lipinski definition) is 3. The third kappa shape index (κ3) is 1.14. The molecular formula is C3H4N2O3S. The van der Waals surface area contributed by atoms with Gasteiger partial charge in [-0.3, -0.25) is 4.79 Å². The molecule has 1 aliphatic heterocycles. The SMILES string of the molecule is NS(=O)(=O)C1=NC(=O)C1. The van der Waals surface area contributed by atoms with Crippen LogP contribution in [0.1, 0.15) is 6.42 Å². The number of primary sulfonamides is 1. The predicted molar refractivity (Wildman–Crippen MR) is 30.2 cm³/mol. The Hall–Kier alpha value is -0.750. The van der Waals surface area contributed by atoms with Crippen LogP contribution >= 0.6 is 0 Å². The number of hydrogen-bond donors (Lipinski definition) is 1. The van der Waals surface area contributed by atoms with Crippen LogP contribution < -0.4 is 5.14 Å². The van der Waals surface area contributed by atoms with E-state index in [2.05, 4.69) is 10.1 Å². The molecule has 0 aromatic heterocycles. The second-order valence-electron chi connectivity index (χ2n) is 1.62. The molecule has 0 aromatic carbocycles. The Morgan fingerprint density at radius 2 is 2.00 bits per heavy atom. The summed E-state index contributed by atoms with van der Waals surface area (Å²) in [5.41, 5.74) is 0. The van der Waals surface area contributed by atoms with Crippen LogP contribution in [-0.2, 0) is 14.8 Å². The molecule has 0 spiro atoms. The predicted octanol–water partition coefficient (Wildman–Crippen LogP) is -1.40. The summed E-state index contributed by atoms with van der Waals surface area (Å²) in [6, 6.07) is 0. The van der Waals surface area contributed by atoms with E-state index in [0.29, 0.717) is 0 Å². The fraction of sp³-hybridized carbons (Fsp3) is 0.333. The van der Waals surface area contributed by atoms with Crippen molar-refractivity contribution in [3.63, 3.8) is 0 Å². The Morgan fingerprint density at radius 3 is 2.11 bits per heavy atom. The quantitative estimate of drug-likeness (QED) is 0.458. The summed E-state index contributed by atoms with van der Waals surface area (Å²) in [5.74, 6) is -0.431. The van der Waals surface area contributed by atoms with Gasteiger partial charge in [0, 0.05) is 0 Å². The van der Waals surface area contributed by atoms with Gasteiger partial charge >= 0.3 is 0 Å². The van der Waals surface area contributed by atoms with Crippen LogP contribution in [-0.4, -0.2) is 19.4 Å². The van der Waals surface area contributed by atoms with Gasteiger partial charge in [0.15, 0.2) is 5.04 Å². The van der Waals surface area contributed by atoms with Crippen molar-refractivity contribution in [1.29, 1.82) is 0 Å². The lowest BCUT2D eigenvalue weighted by Crippen LogP contribution is -2.32. The van der Waals surface area contributed by atoms with Crippen LogP contribution in [0, 0.1) is 0 Å². The van der Waals surface area contributed by atoms with Crippen LogP contribution in [0.25, 0.3) is 0 Å². The Bertz CT molecular complexity index is 275. The molecule has 0 saturated heterocycles. The number of amides is 1. The van der Waals surface area contributed by atoms with E-state index in [1.165, 1.54) is 0 Å². The second kappa shape index (κ2) is 1.61. The summed E-state index contributed by atoms with van der Waals surface area (Å²) < 4.78 is 20.5. The smallest absolute Gasteiger partial charge is 0.253 e. The van der Waals surface area contributed by atoms with E-state index in [1.807, 2.05) is 0 Å². The van der Waals surface area contributed by atoms with Crippen molar-refractivity contribution in [3.05, 3.63) is 0 Å². The largest absolute Gasteiger partial charge is 0.272 e. The van der Waals surface area contributed by atoms with Gasteiger partial charge in [-0.25, -0.2) is 18.5 Å². The fourth-order valence-electron chi connectivity index (χ4n) is 0.420. The average molecular weight is 148 g/mol. The van der Waals surface area contributed by atoms with Gasteiger partial charge in [-0.1, -0.05) is 0 Å². The lowest BCUT2D eigenvalue weighted by atomic mass is 10.3. The van der Waals surface area contributed by atoms with Crippen molar-refractivity contribution in [3.8, 4) is 0 Å². The molecule has 9 heavy (non-hydrogen) atoms. The molecule has 0 saturated carbocycles. The van der Waals surface area contributed by atoms with E-state index >= 15 is 0 Å². The highest BCUT2D eigenvalue weighted by atomic mass is 32.2. The number of carbonyl (C=O) groups is 1. The van der Waals surface area contributed by atoms with E-state index < -0.39 is 15.9 Å². The highest BCUT2D eigenvalue weighted by Crippen LogP contribution is 2.06. The molecule has 0 fully saturated rings. The summed E-state index contributed by atoms with van der Waals surface area (Å²) in [6.07, 6.45) is -0.140. The van der Waals surface area contributed by atoms with Crippen molar-refractivity contribution in [2.75, 3.05) is 0 Å². The second-order valence-corrected chi connectivity index (χ2v) is 3.18. The van der Waals surface area contributed by atoms with Gasteiger partial charge in [-0.2, -0.15) is 0 Å². The first-order valence-electron chi connectivity index (χ1n) is 2.13. The Labute approximate surface area is 51.6 Å². The van der Waals surface area contributed by atoms with Crippen molar-refractivity contribution < 1.29 is 13.2 Å². The number of nitrogens with zero attached hydrogens (tertiary/aromatic N) is 1. The number of nitrogens with two attached hydrogens (primary N) is 1. The van der Waals surface area contributed by atoms with Crippen LogP contribution in [0.3, 0.4) is 0 Å². The van der Waals surface area contributed by atoms with E-state index in [1.54, 1.807) is 0 Å². The zero-order valence-corrected chi connectivity index (χ0v) is 5.18. The molecule has 2 N–H and O–H groups in total. The molecule has 0 bridgehead atoms. The standard InChI is InChI=1S/C3H4N2O3S/c4-9(7,8)3-1-2(6)5-3/h1H2,(H2,4,7,8). The zero-order chi connectivity index (χ0) is 7.07. The molecule has 0 radical (unpaired) electrons. The van der Waals surface area contributed by atoms with Crippen LogP contribution in [0.15, 0.2) is 4.99 Å². The topological polar surface area (TPSA) is 89.6 Å². The Morgan fingerprint density at radius 1 is 1.56 bits per heavy atom. The Balaban J connectivity index is 2.95. The van der Waals surface area contributed by atoms with Crippen LogP contribution in [0.4, 0.5) is 0 Å². The lowest BCUT2D eigenvalue weighted by Gasteiger charge is -2.07. The summed E-state index contributed by atoms with van der Waals surface area (Å²) in [6.45, 7) is 0. The molecule has 1 aliphatic rings. The molecule has 0 unspecified atom stereocenters. The number of rotatable bonds is 0. The summed E-state index contributed by atoms with van der Waals surface area (Å²) in [5, 5.41) is 4.38. The maximum atomic E-state index is 10.3. The van der Waals surface area contributed by atoms with E-state index in [0.717, 1.165) is 0 Å². The fourth-order valence-corrected chi connectivity index (χ4v) is 0.974. The first kappa shape index (κ1) is 6.37. The van der Waals surface area contributed by atoms with Crippen molar-refractivity contribution >= 4 is 21.0 Å². The molecule has 5 nitrogen and oxygen atoms in total. The minimum absolute atomic E-state index is 0.140. The lowest BCUT2D eigenvalue weighted by molar-refractivity contribution is -0.117. The van der Waals surface area contributed by atoms with Gasteiger partial charge in [0.25, 0.3) is 15.9 Å². The first-order valence-corrected chi connectivity index (χ1v) is 3.68.